The number of nitrogens with two attached hydrogens (primary N) is 1. The lowest BCUT2D eigenvalue weighted by Gasteiger charge is -2.02. The van der Waals surface area contributed by atoms with Crippen LogP contribution in [-0.2, 0) is 0 Å². The molecule has 1 heterocycles. The second-order valence-electron chi connectivity index (χ2n) is 4.33. The summed E-state index contributed by atoms with van der Waals surface area (Å²) in [5.41, 5.74) is 7.95. The van der Waals surface area contributed by atoms with Crippen molar-refractivity contribution >= 4 is 11.7 Å². The molecular weight excluding hydrogens is 252 g/mol. The van der Waals surface area contributed by atoms with Crippen molar-refractivity contribution in [2.24, 2.45) is 0 Å². The van der Waals surface area contributed by atoms with Crippen LogP contribution >= 0.6 is 0 Å². The molecule has 98 valence electrons. The lowest BCUT2D eigenvalue weighted by molar-refractivity contribution is 0.103. The molecule has 1 aromatic heterocycles. The van der Waals surface area contributed by atoms with Crippen molar-refractivity contribution in [1.82, 2.24) is 5.16 Å². The summed E-state index contributed by atoms with van der Waals surface area (Å²) in [5.74, 6) is -0.0552. The fourth-order valence-corrected chi connectivity index (χ4v) is 2.07. The molecule has 0 saturated heterocycles. The summed E-state index contributed by atoms with van der Waals surface area (Å²) in [6, 6.07) is 18.3. The standard InChI is InChI=1S/C16H12N2O2/c17-16-13(11-7-3-1-4-8-11)14(18-20-16)15(19)12-9-5-2-6-10-12/h1-10H,17H2. The van der Waals surface area contributed by atoms with Gasteiger partial charge in [-0.1, -0.05) is 65.8 Å². The minimum Gasteiger partial charge on any atom is -0.367 e. The second kappa shape index (κ2) is 5.01. The maximum absolute atomic E-state index is 12.5. The van der Waals surface area contributed by atoms with Gasteiger partial charge in [-0.15, -0.1) is 0 Å². The van der Waals surface area contributed by atoms with Gasteiger partial charge in [-0.05, 0) is 5.56 Å². The van der Waals surface area contributed by atoms with Gasteiger partial charge >= 0.3 is 0 Å². The Morgan fingerprint density at radius 3 is 2.20 bits per heavy atom. The van der Waals surface area contributed by atoms with Gasteiger partial charge in [0.15, 0.2) is 5.69 Å². The number of anilines is 1. The summed E-state index contributed by atoms with van der Waals surface area (Å²) in [4.78, 5) is 12.5. The summed E-state index contributed by atoms with van der Waals surface area (Å²) >= 11 is 0. The molecule has 0 amide bonds. The molecule has 2 N–H and O–H groups in total. The Kier molecular flexibility index (Phi) is 3.05. The van der Waals surface area contributed by atoms with Crippen LogP contribution in [0.1, 0.15) is 16.1 Å². The molecule has 3 rings (SSSR count). The van der Waals surface area contributed by atoms with Crippen molar-refractivity contribution in [3.8, 4) is 11.1 Å². The molecule has 0 unspecified atom stereocenters. The minimum absolute atomic E-state index is 0.149. The topological polar surface area (TPSA) is 69.1 Å². The summed E-state index contributed by atoms with van der Waals surface area (Å²) in [6.45, 7) is 0. The molecule has 20 heavy (non-hydrogen) atoms. The Morgan fingerprint density at radius 1 is 0.950 bits per heavy atom. The number of nitrogens with zero attached hydrogens (tertiary/aromatic N) is 1. The Morgan fingerprint density at radius 2 is 1.55 bits per heavy atom. The SMILES string of the molecule is Nc1onc(C(=O)c2ccccc2)c1-c1ccccc1. The summed E-state index contributed by atoms with van der Waals surface area (Å²) in [7, 11) is 0. The third kappa shape index (κ3) is 2.07. The zero-order valence-electron chi connectivity index (χ0n) is 10.6. The quantitative estimate of drug-likeness (QED) is 0.738. The number of rotatable bonds is 3. The van der Waals surface area contributed by atoms with Gasteiger partial charge in [0.2, 0.25) is 11.7 Å². The van der Waals surface area contributed by atoms with E-state index >= 15 is 0 Å². The summed E-state index contributed by atoms with van der Waals surface area (Å²) in [5, 5.41) is 3.82. The average molecular weight is 264 g/mol. The first-order valence-electron chi connectivity index (χ1n) is 6.17. The van der Waals surface area contributed by atoms with Crippen LogP contribution in [-0.4, -0.2) is 10.9 Å². The molecule has 0 bridgehead atoms. The van der Waals surface area contributed by atoms with E-state index in [0.29, 0.717) is 11.1 Å². The first-order chi connectivity index (χ1) is 9.77. The van der Waals surface area contributed by atoms with E-state index < -0.39 is 0 Å². The molecule has 0 spiro atoms. The van der Waals surface area contributed by atoms with Gasteiger partial charge in [-0.2, -0.15) is 0 Å². The first-order valence-corrected chi connectivity index (χ1v) is 6.17. The Hall–Kier alpha value is -2.88. The van der Waals surface area contributed by atoms with E-state index in [1.807, 2.05) is 36.4 Å². The Balaban J connectivity index is 2.11. The van der Waals surface area contributed by atoms with Crippen LogP contribution in [0.15, 0.2) is 65.2 Å². The highest BCUT2D eigenvalue weighted by atomic mass is 16.5. The summed E-state index contributed by atoms with van der Waals surface area (Å²) in [6.07, 6.45) is 0. The molecule has 4 heteroatoms. The van der Waals surface area contributed by atoms with Crippen LogP contribution in [0, 0.1) is 0 Å². The molecule has 4 nitrogen and oxygen atoms in total. The highest BCUT2D eigenvalue weighted by Gasteiger charge is 2.22. The van der Waals surface area contributed by atoms with Crippen molar-refractivity contribution in [2.45, 2.75) is 0 Å². The predicted octanol–water partition coefficient (Wildman–Crippen LogP) is 3.15. The zero-order valence-corrected chi connectivity index (χ0v) is 10.6. The predicted molar refractivity (Wildman–Crippen MR) is 76.2 cm³/mol. The van der Waals surface area contributed by atoms with Gasteiger partial charge in [-0.3, -0.25) is 4.79 Å². The highest BCUT2D eigenvalue weighted by Crippen LogP contribution is 2.30. The maximum Gasteiger partial charge on any atom is 0.230 e. The lowest BCUT2D eigenvalue weighted by Crippen LogP contribution is -2.03. The molecule has 0 saturated carbocycles. The molecular formula is C16H12N2O2. The Bertz CT molecular complexity index is 734. The van der Waals surface area contributed by atoms with E-state index in [2.05, 4.69) is 5.16 Å². The van der Waals surface area contributed by atoms with Crippen molar-refractivity contribution in [3.05, 3.63) is 71.9 Å². The normalized spacial score (nSPS) is 10.4. The van der Waals surface area contributed by atoms with Crippen LogP contribution < -0.4 is 5.73 Å². The van der Waals surface area contributed by atoms with Gasteiger partial charge in [0.25, 0.3) is 0 Å². The van der Waals surface area contributed by atoms with E-state index in [1.54, 1.807) is 24.3 Å². The molecule has 0 atom stereocenters. The van der Waals surface area contributed by atoms with Gasteiger partial charge in [0.1, 0.15) is 0 Å². The number of carbonyl (C=O) groups is 1. The van der Waals surface area contributed by atoms with E-state index in [1.165, 1.54) is 0 Å². The third-order valence-electron chi connectivity index (χ3n) is 3.03. The second-order valence-corrected chi connectivity index (χ2v) is 4.33. The van der Waals surface area contributed by atoms with E-state index in [4.69, 9.17) is 10.3 Å². The van der Waals surface area contributed by atoms with Gasteiger partial charge in [-0.25, -0.2) is 0 Å². The number of hydrogen-bond acceptors (Lipinski definition) is 4. The largest absolute Gasteiger partial charge is 0.367 e. The molecule has 2 aromatic carbocycles. The van der Waals surface area contributed by atoms with E-state index in [9.17, 15) is 4.79 Å². The number of ketones is 1. The monoisotopic (exact) mass is 264 g/mol. The molecule has 0 fully saturated rings. The number of nitrogen functional groups attached to an aromatic ring is 1. The van der Waals surface area contributed by atoms with Gasteiger partial charge < -0.3 is 10.3 Å². The van der Waals surface area contributed by atoms with Crippen LogP contribution in [0.25, 0.3) is 11.1 Å². The fraction of sp³-hybridized carbons (Fsp3) is 0. The molecule has 0 radical (unpaired) electrons. The lowest BCUT2D eigenvalue weighted by atomic mass is 10.00. The number of carbonyl (C=O) groups excluding carboxylic acids is 1. The minimum atomic E-state index is -0.204. The zero-order chi connectivity index (χ0) is 13.9. The number of benzene rings is 2. The van der Waals surface area contributed by atoms with Crippen LogP contribution in [0.5, 0.6) is 0 Å². The fourth-order valence-electron chi connectivity index (χ4n) is 2.07. The van der Waals surface area contributed by atoms with Gasteiger partial charge in [0, 0.05) is 5.56 Å². The van der Waals surface area contributed by atoms with Gasteiger partial charge in [0.05, 0.1) is 5.56 Å². The van der Waals surface area contributed by atoms with Crippen LogP contribution in [0.4, 0.5) is 5.88 Å². The van der Waals surface area contributed by atoms with E-state index in [-0.39, 0.29) is 17.4 Å². The molecule has 3 aromatic rings. The van der Waals surface area contributed by atoms with Crippen molar-refractivity contribution in [3.63, 3.8) is 0 Å². The van der Waals surface area contributed by atoms with Crippen molar-refractivity contribution in [2.75, 3.05) is 5.73 Å². The highest BCUT2D eigenvalue weighted by molar-refractivity contribution is 6.12. The molecule has 0 aliphatic carbocycles. The van der Waals surface area contributed by atoms with E-state index in [0.717, 1.165) is 5.56 Å². The van der Waals surface area contributed by atoms with Crippen molar-refractivity contribution in [1.29, 1.82) is 0 Å². The first kappa shape index (κ1) is 12.2. The number of aromatic nitrogens is 1. The third-order valence-corrected chi connectivity index (χ3v) is 3.03. The van der Waals surface area contributed by atoms with Crippen molar-refractivity contribution < 1.29 is 9.32 Å². The average Bonchev–Trinajstić information content (AvgIpc) is 2.90. The number of hydrogen-bond donors (Lipinski definition) is 1. The Labute approximate surface area is 115 Å². The molecule has 0 aliphatic heterocycles. The smallest absolute Gasteiger partial charge is 0.230 e. The maximum atomic E-state index is 12.5. The molecule has 0 aliphatic rings. The van der Waals surface area contributed by atoms with Crippen LogP contribution in [0.3, 0.4) is 0 Å². The summed E-state index contributed by atoms with van der Waals surface area (Å²) < 4.78 is 5.00. The van der Waals surface area contributed by atoms with Crippen LogP contribution in [0.2, 0.25) is 0 Å².